The number of hydrogen-bond acceptors (Lipinski definition) is 6. The molecule has 1 amide bonds. The standard InChI is InChI=1S/C21H23N5O4/c1-13-16(14(2)24(3)23-13)19(27)17-18(15-6-4-11-30-15)26(21(29)20(17)28)9-5-8-25-10-7-22-12-25/h4,6-7,10-12,18,27H,5,8-9H2,1-3H3/b19-17+/t18-/m1/s1. The monoisotopic (exact) mass is 409 g/mol. The largest absolute Gasteiger partial charge is 0.507 e. The lowest BCUT2D eigenvalue weighted by atomic mass is 9.98. The molecule has 30 heavy (non-hydrogen) atoms. The van der Waals surface area contributed by atoms with Crippen LogP contribution in [0.5, 0.6) is 0 Å². The molecule has 1 fully saturated rings. The number of rotatable bonds is 6. The van der Waals surface area contributed by atoms with E-state index in [0.717, 1.165) is 0 Å². The number of imidazole rings is 1. The molecule has 0 spiro atoms. The first-order chi connectivity index (χ1) is 14.4. The van der Waals surface area contributed by atoms with Crippen LogP contribution in [0.25, 0.3) is 5.76 Å². The zero-order chi connectivity index (χ0) is 21.4. The van der Waals surface area contributed by atoms with Crippen molar-refractivity contribution in [1.82, 2.24) is 24.2 Å². The Morgan fingerprint density at radius 3 is 2.67 bits per heavy atom. The molecule has 3 aromatic rings. The Balaban J connectivity index is 1.74. The third kappa shape index (κ3) is 3.22. The molecule has 1 atom stereocenters. The first-order valence-electron chi connectivity index (χ1n) is 9.68. The first-order valence-corrected chi connectivity index (χ1v) is 9.68. The van der Waals surface area contributed by atoms with Gasteiger partial charge in [-0.25, -0.2) is 4.98 Å². The van der Waals surface area contributed by atoms with Crippen LogP contribution in [0.4, 0.5) is 0 Å². The van der Waals surface area contributed by atoms with Gasteiger partial charge in [-0.2, -0.15) is 5.10 Å². The van der Waals surface area contributed by atoms with Crippen LogP contribution in [0.2, 0.25) is 0 Å². The number of likely N-dealkylation sites (tertiary alicyclic amines) is 1. The van der Waals surface area contributed by atoms with E-state index < -0.39 is 17.7 Å². The first kappa shape index (κ1) is 19.7. The number of furan rings is 1. The van der Waals surface area contributed by atoms with Crippen molar-refractivity contribution in [3.05, 3.63) is 65.4 Å². The quantitative estimate of drug-likeness (QED) is 0.380. The molecule has 9 heteroatoms. The van der Waals surface area contributed by atoms with Gasteiger partial charge in [0.25, 0.3) is 11.7 Å². The SMILES string of the molecule is Cc1nn(C)c(C)c1/C(O)=C1\C(=O)C(=O)N(CCCn2ccnc2)[C@@H]1c1ccco1. The van der Waals surface area contributed by atoms with E-state index in [9.17, 15) is 14.7 Å². The lowest BCUT2D eigenvalue weighted by Crippen LogP contribution is -2.31. The fraction of sp³-hybridized carbons (Fsp3) is 0.333. The third-order valence-corrected chi connectivity index (χ3v) is 5.47. The minimum Gasteiger partial charge on any atom is -0.507 e. The predicted molar refractivity (Wildman–Crippen MR) is 107 cm³/mol. The van der Waals surface area contributed by atoms with Crippen molar-refractivity contribution in [2.45, 2.75) is 32.9 Å². The van der Waals surface area contributed by atoms with Gasteiger partial charge in [-0.3, -0.25) is 14.3 Å². The van der Waals surface area contributed by atoms with Gasteiger partial charge in [0.1, 0.15) is 17.6 Å². The Morgan fingerprint density at radius 1 is 1.27 bits per heavy atom. The second-order valence-electron chi connectivity index (χ2n) is 7.33. The Kier molecular flexibility index (Phi) is 5.03. The van der Waals surface area contributed by atoms with Gasteiger partial charge < -0.3 is 19.0 Å². The summed E-state index contributed by atoms with van der Waals surface area (Å²) in [5.74, 6) is -1.17. The maximum Gasteiger partial charge on any atom is 0.295 e. The number of ketones is 1. The molecule has 0 radical (unpaired) electrons. The number of carbonyl (C=O) groups excluding carboxylic acids is 2. The highest BCUT2D eigenvalue weighted by atomic mass is 16.3. The number of hydrogen-bond donors (Lipinski definition) is 1. The summed E-state index contributed by atoms with van der Waals surface area (Å²) in [6, 6.07) is 2.61. The van der Waals surface area contributed by atoms with E-state index in [0.29, 0.717) is 42.2 Å². The van der Waals surface area contributed by atoms with Crippen molar-refractivity contribution < 1.29 is 19.1 Å². The topological polar surface area (TPSA) is 106 Å². The maximum atomic E-state index is 13.0. The zero-order valence-corrected chi connectivity index (χ0v) is 17.1. The lowest BCUT2D eigenvalue weighted by molar-refractivity contribution is -0.140. The molecule has 1 N–H and O–H groups in total. The highest BCUT2D eigenvalue weighted by Gasteiger charge is 2.47. The number of amides is 1. The van der Waals surface area contributed by atoms with E-state index in [-0.39, 0.29) is 11.3 Å². The molecule has 9 nitrogen and oxygen atoms in total. The number of Topliss-reactive ketones (excluding diaryl/α,β-unsaturated/α-hetero) is 1. The molecule has 1 aliphatic heterocycles. The van der Waals surface area contributed by atoms with Gasteiger partial charge in [-0.05, 0) is 32.4 Å². The summed E-state index contributed by atoms with van der Waals surface area (Å²) in [5, 5.41) is 15.4. The summed E-state index contributed by atoms with van der Waals surface area (Å²) in [7, 11) is 1.76. The minimum absolute atomic E-state index is 0.0248. The van der Waals surface area contributed by atoms with Gasteiger partial charge in [0.2, 0.25) is 0 Å². The molecule has 1 aliphatic rings. The summed E-state index contributed by atoms with van der Waals surface area (Å²) in [4.78, 5) is 31.3. The van der Waals surface area contributed by atoms with Gasteiger partial charge in [0.15, 0.2) is 0 Å². The number of aryl methyl sites for hydroxylation is 3. The normalized spacial score (nSPS) is 18.5. The van der Waals surface area contributed by atoms with Crippen LogP contribution in [0, 0.1) is 13.8 Å². The molecule has 0 aliphatic carbocycles. The van der Waals surface area contributed by atoms with Gasteiger partial charge in [-0.15, -0.1) is 0 Å². The molecule has 156 valence electrons. The molecule has 0 unspecified atom stereocenters. The molecule has 0 bridgehead atoms. The van der Waals surface area contributed by atoms with Crippen molar-refractivity contribution >= 4 is 17.4 Å². The Labute approximate surface area is 173 Å². The van der Waals surface area contributed by atoms with Gasteiger partial charge >= 0.3 is 0 Å². The average Bonchev–Trinajstić information content (AvgIpc) is 3.48. The van der Waals surface area contributed by atoms with E-state index in [1.54, 1.807) is 50.2 Å². The van der Waals surface area contributed by atoms with Crippen LogP contribution in [-0.4, -0.2) is 47.6 Å². The molecule has 3 aromatic heterocycles. The van der Waals surface area contributed by atoms with E-state index in [4.69, 9.17) is 4.42 Å². The lowest BCUT2D eigenvalue weighted by Gasteiger charge is -2.23. The van der Waals surface area contributed by atoms with Gasteiger partial charge in [0.05, 0.1) is 29.4 Å². The molecule has 4 rings (SSSR count). The predicted octanol–water partition coefficient (Wildman–Crippen LogP) is 2.34. The molecule has 1 saturated heterocycles. The average molecular weight is 409 g/mol. The minimum atomic E-state index is -0.790. The Morgan fingerprint density at radius 2 is 2.07 bits per heavy atom. The highest BCUT2D eigenvalue weighted by Crippen LogP contribution is 2.40. The van der Waals surface area contributed by atoms with E-state index in [2.05, 4.69) is 10.1 Å². The van der Waals surface area contributed by atoms with Crippen LogP contribution in [-0.2, 0) is 23.2 Å². The van der Waals surface area contributed by atoms with Gasteiger partial charge in [-0.1, -0.05) is 0 Å². The number of aliphatic hydroxyl groups excluding tert-OH is 1. The summed E-state index contributed by atoms with van der Waals surface area (Å²) in [5.41, 5.74) is 1.77. The summed E-state index contributed by atoms with van der Waals surface area (Å²) in [6.45, 7) is 4.54. The number of aliphatic hydroxyl groups is 1. The van der Waals surface area contributed by atoms with Crippen molar-refractivity contribution in [3.8, 4) is 0 Å². The second kappa shape index (κ2) is 7.66. The van der Waals surface area contributed by atoms with Crippen LogP contribution < -0.4 is 0 Å². The number of carbonyl (C=O) groups is 2. The van der Waals surface area contributed by atoms with Crippen LogP contribution in [0.1, 0.15) is 35.2 Å². The van der Waals surface area contributed by atoms with E-state index in [1.165, 1.54) is 11.2 Å². The fourth-order valence-corrected chi connectivity index (χ4v) is 3.95. The van der Waals surface area contributed by atoms with Crippen molar-refractivity contribution in [3.63, 3.8) is 0 Å². The van der Waals surface area contributed by atoms with Crippen LogP contribution >= 0.6 is 0 Å². The van der Waals surface area contributed by atoms with E-state index >= 15 is 0 Å². The summed E-state index contributed by atoms with van der Waals surface area (Å²) < 4.78 is 9.09. The van der Waals surface area contributed by atoms with E-state index in [1.807, 2.05) is 10.8 Å². The number of nitrogens with zero attached hydrogens (tertiary/aromatic N) is 5. The Bertz CT molecular complexity index is 1110. The molecule has 0 saturated carbocycles. The smallest absolute Gasteiger partial charge is 0.295 e. The van der Waals surface area contributed by atoms with Gasteiger partial charge in [0, 0.05) is 38.2 Å². The summed E-state index contributed by atoms with van der Waals surface area (Å²) in [6.07, 6.45) is 7.33. The zero-order valence-electron chi connectivity index (χ0n) is 17.1. The van der Waals surface area contributed by atoms with Crippen molar-refractivity contribution in [1.29, 1.82) is 0 Å². The fourth-order valence-electron chi connectivity index (χ4n) is 3.95. The molecule has 4 heterocycles. The van der Waals surface area contributed by atoms with Crippen LogP contribution in [0.15, 0.2) is 47.1 Å². The Hall–Kier alpha value is -3.62. The third-order valence-electron chi connectivity index (χ3n) is 5.47. The molecular formula is C21H23N5O4. The van der Waals surface area contributed by atoms with Crippen molar-refractivity contribution in [2.24, 2.45) is 7.05 Å². The highest BCUT2D eigenvalue weighted by molar-refractivity contribution is 6.46. The summed E-state index contributed by atoms with van der Waals surface area (Å²) >= 11 is 0. The molecular weight excluding hydrogens is 386 g/mol. The second-order valence-corrected chi connectivity index (χ2v) is 7.33. The van der Waals surface area contributed by atoms with Crippen molar-refractivity contribution in [2.75, 3.05) is 6.54 Å². The maximum absolute atomic E-state index is 13.0. The molecule has 0 aromatic carbocycles. The number of aromatic nitrogens is 4. The van der Waals surface area contributed by atoms with Crippen LogP contribution in [0.3, 0.4) is 0 Å².